The summed E-state index contributed by atoms with van der Waals surface area (Å²) in [5.41, 5.74) is 10.1. The van der Waals surface area contributed by atoms with Gasteiger partial charge in [0.1, 0.15) is 0 Å². The van der Waals surface area contributed by atoms with E-state index in [1.165, 1.54) is 249 Å². The number of rotatable bonds is 12. The average molecular weight is 2350 g/mol. The third kappa shape index (κ3) is 46.9. The average Bonchev–Trinajstić information content (AvgIpc) is 1.51. The summed E-state index contributed by atoms with van der Waals surface area (Å²) in [6.07, 6.45) is 42.4. The molecule has 4 aliphatic heterocycles. The van der Waals surface area contributed by atoms with Crippen LogP contribution in [-0.2, 0) is 121 Å². The van der Waals surface area contributed by atoms with E-state index in [1.807, 2.05) is 48.6 Å². The van der Waals surface area contributed by atoms with Crippen LogP contribution in [0.5, 0.6) is 0 Å². The van der Waals surface area contributed by atoms with Gasteiger partial charge in [0.2, 0.25) is 0 Å². The molecule has 17 N–H and O–H groups in total. The predicted octanol–water partition coefficient (Wildman–Crippen LogP) is 19.5. The molecule has 8 heterocycles. The molecule has 800 valence electrons. The molecule has 8 bridgehead atoms. The van der Waals surface area contributed by atoms with E-state index in [9.17, 15) is 9.90 Å². The van der Waals surface area contributed by atoms with Crippen molar-refractivity contribution in [3.63, 3.8) is 0 Å². The SMILES string of the molecule is CC(C)Sc1cc2nc(c1)CN[C@@H]1CCCC[C@H]1NCCN[C@@H]1CCCC[C@H]1NC2.CCC(C)Sc1cc2nc(c1)CN[C@@H]1CCCC[C@H]1NCCN[C@@H]1CCCC[C@H]1NC2.CCOC(=O)CSc1cc2nc(c1)CN[C@@H]1CCCC[C@H]1NCCN[C@@H]1CCCC[C@H]1NC2.OCc1ccccc1Sc1cc2nc(c1)CN[C@@H]1CCCC[C@H]1NCCN[C@@H]1CCCC[C@H]1NC2.[Cl][Mn][Cl].[Cl][Mn][Cl].[Cl][Mn][Cl].[Cl][Mn][Cl]. The summed E-state index contributed by atoms with van der Waals surface area (Å²) in [6.45, 7) is 26.4. The normalized spacial score (nSPS) is 27.9. The van der Waals surface area contributed by atoms with Gasteiger partial charge in [-0.05, 0) is 176 Å². The van der Waals surface area contributed by atoms with Crippen LogP contribution in [0.15, 0.2) is 97.3 Å². The second-order valence-corrected chi connectivity index (χ2v) is 52.6. The minimum atomic E-state index is -0.163. The van der Waals surface area contributed by atoms with E-state index in [0.29, 0.717) is 120 Å². The number of aliphatic hydroxyl groups is 1. The number of esters is 1. The van der Waals surface area contributed by atoms with Crippen molar-refractivity contribution in [2.75, 3.05) is 64.7 Å². The van der Waals surface area contributed by atoms with Crippen molar-refractivity contribution in [1.82, 2.24) is 105 Å². The van der Waals surface area contributed by atoms with Gasteiger partial charge in [0.15, 0.2) is 0 Å². The standard InChI is InChI=1S/C28H41N5OS.C25H41N5O2S.C25H43N5S.C24H41N5S.8ClH.4Mn/c34-19-20-7-1-6-12-28(20)35-23-15-21-17-31-26-10-4-2-8-24(26)29-13-14-30-25-9-3-5-11-27(25)32-18-22(16-23)33-21;1-2-32-25(31)17-33-20-13-18-15-28-23-9-5-3-7-21(23)26-11-12-27-22-8-4-6-10-24(22)29-16-19(14-20)30-18;1-3-18(2)31-21-14-19-16-28-24-10-6-4-8-22(24)26-12-13-27-23-9-5-7-11-25(23)29-17-20(15-21)30-19;1-17(2)30-20-13-18-15-27-23-9-5-3-7-21(23)25-11-12-26-22-8-4-6-10-24(22)28-16-19(14-20)29-18;;;;;;;;;;;;/h1,6-7,12,15-16,24-27,29-32,34H,2-5,8-11,13-14,17-19H2;13-14,21-24,26-29H,2-12,15-17H2,1H3;14-15,18,22-29H,3-13,16-17H2,1-2H3;13-14,17,21-28H,3-12,15-16H2,1-2H3;8*1H;;;;/q;;;;;;;;;;;;4*+2/p-8/t24-,25-,26-,27-;21-,22-,23-,24-;18?,22-,23-,24-,25-;21-,22-,23-,24-;;;;;;;;;;;;/m1111............/s1. The van der Waals surface area contributed by atoms with Gasteiger partial charge < -0.3 is 94.9 Å². The number of fused-ring (bicyclic) bond motifs is 16. The molecule has 0 saturated heterocycles. The number of nitrogens with zero attached hydrogens (tertiary/aromatic N) is 4. The van der Waals surface area contributed by atoms with Gasteiger partial charge in [0.05, 0.1) is 64.5 Å². The topological polar surface area (TPSA) is 291 Å². The van der Waals surface area contributed by atoms with Crippen molar-refractivity contribution in [1.29, 1.82) is 0 Å². The van der Waals surface area contributed by atoms with E-state index in [4.69, 9.17) is 105 Å². The van der Waals surface area contributed by atoms with Crippen molar-refractivity contribution in [3.8, 4) is 0 Å². The van der Waals surface area contributed by atoms with Gasteiger partial charge in [0, 0.05) is 236 Å². The number of ether oxygens (including phenoxy) is 1. The molecule has 8 aliphatic carbocycles. The Morgan fingerprint density at radius 1 is 0.333 bits per heavy atom. The zero-order valence-corrected chi connectivity index (χ0v) is 97.8. The first-order chi connectivity index (χ1) is 69.0. The van der Waals surface area contributed by atoms with Crippen molar-refractivity contribution in [3.05, 3.63) is 124 Å². The summed E-state index contributed by atoms with van der Waals surface area (Å²) >= 11 is 7.25. The number of thioether (sulfide) groups is 3. The van der Waals surface area contributed by atoms with Crippen molar-refractivity contribution in [2.45, 2.75) is 437 Å². The van der Waals surface area contributed by atoms with E-state index >= 15 is 0 Å². The number of halogens is 8. The quantitative estimate of drug-likeness (QED) is 0.0314. The van der Waals surface area contributed by atoms with Gasteiger partial charge in [-0.2, -0.15) is 0 Å². The molecule has 23 nitrogen and oxygen atoms in total. The number of aromatic nitrogens is 4. The number of carbonyl (C=O) groups is 1. The molecule has 1 unspecified atom stereocenters. The van der Waals surface area contributed by atoms with Crippen LogP contribution in [0.2, 0.25) is 0 Å². The summed E-state index contributed by atoms with van der Waals surface area (Å²) in [7, 11) is 38.4. The molecule has 17 atom stereocenters. The molecule has 39 heteroatoms. The molecule has 1 aromatic carbocycles. The van der Waals surface area contributed by atoms with E-state index < -0.39 is 0 Å². The molecule has 4 aromatic heterocycles. The molecule has 17 rings (SSSR count). The van der Waals surface area contributed by atoms with Gasteiger partial charge in [-0.15, -0.1) is 35.3 Å². The predicted molar refractivity (Wildman–Crippen MR) is 581 cm³/mol. The Kier molecular flexibility index (Phi) is 64.4. The van der Waals surface area contributed by atoms with Crippen LogP contribution in [0.1, 0.15) is 298 Å². The summed E-state index contributed by atoms with van der Waals surface area (Å²) in [5.74, 6) is 0.171. The number of hydrogen-bond acceptors (Lipinski definition) is 27. The number of benzene rings is 1. The van der Waals surface area contributed by atoms with Crippen molar-refractivity contribution in [2.24, 2.45) is 0 Å². The fourth-order valence-electron chi connectivity index (χ4n) is 22.2. The van der Waals surface area contributed by atoms with E-state index in [1.54, 1.807) is 23.5 Å². The molecule has 141 heavy (non-hydrogen) atoms. The number of pyridine rings is 4. The van der Waals surface area contributed by atoms with Gasteiger partial charge in [-0.1, -0.05) is 160 Å². The molecule has 0 spiro atoms. The number of aliphatic hydroxyl groups excluding tert-OH is 1. The first kappa shape index (κ1) is 123. The van der Waals surface area contributed by atoms with E-state index in [2.05, 4.69) is 167 Å². The Morgan fingerprint density at radius 2 is 0.546 bits per heavy atom. The monoisotopic (exact) mass is 2350 g/mol. The maximum absolute atomic E-state index is 11.9. The zero-order chi connectivity index (χ0) is 99.8. The van der Waals surface area contributed by atoms with Gasteiger partial charge in [0.25, 0.3) is 0 Å². The second kappa shape index (κ2) is 73.7. The third-order valence-electron chi connectivity index (χ3n) is 29.2. The fourth-order valence-corrected chi connectivity index (χ4v) is 26.0. The Hall–Kier alpha value is 0.408. The second-order valence-electron chi connectivity index (χ2n) is 39.5. The number of hydrogen-bond donors (Lipinski definition) is 17. The molecule has 5 aromatic rings. The first-order valence-corrected chi connectivity index (χ1v) is 69.3. The summed E-state index contributed by atoms with van der Waals surface area (Å²) < 4.78 is 5.12. The van der Waals surface area contributed by atoms with Crippen LogP contribution in [0.3, 0.4) is 0 Å². The number of nitrogens with one attached hydrogen (secondary N) is 16. The van der Waals surface area contributed by atoms with Crippen LogP contribution < -0.4 is 85.1 Å². The molecular formula is C102H166Cl8Mn4N20O3S4. The van der Waals surface area contributed by atoms with E-state index in [-0.39, 0.29) is 65.1 Å². The first-order valence-electron chi connectivity index (χ1n) is 52.7. The third-order valence-corrected chi connectivity index (χ3v) is 33.4. The van der Waals surface area contributed by atoms with Crippen LogP contribution in [0.25, 0.3) is 0 Å². The summed E-state index contributed by atoms with van der Waals surface area (Å²) in [5, 5.41) is 72.6. The Balaban J connectivity index is 0.000000186. The van der Waals surface area contributed by atoms with Crippen molar-refractivity contribution < 1.29 is 67.2 Å². The molecule has 0 amide bonds. The van der Waals surface area contributed by atoms with Gasteiger partial charge in [-0.3, -0.25) is 24.7 Å². The molecule has 8 fully saturated rings. The Labute approximate surface area is 922 Å². The molecular weight excluding hydrogens is 2180 g/mol. The van der Waals surface area contributed by atoms with Crippen LogP contribution in [0.4, 0.5) is 0 Å². The Morgan fingerprint density at radius 3 is 0.766 bits per heavy atom. The molecule has 12 aliphatic rings. The van der Waals surface area contributed by atoms with E-state index in [0.717, 1.165) is 143 Å². The summed E-state index contributed by atoms with van der Waals surface area (Å²) in [4.78, 5) is 38.2. The minimum absolute atomic E-state index is 0.00694. The Bertz CT molecular complexity index is 4030. The van der Waals surface area contributed by atoms with Crippen LogP contribution >= 0.6 is 128 Å². The summed E-state index contributed by atoms with van der Waals surface area (Å²) in [6, 6.07) is 34.7. The van der Waals surface area contributed by atoms with Crippen LogP contribution in [-0.4, -0.2) is 203 Å². The number of carbonyl (C=O) groups excluding carboxylic acids is 1. The fraction of sp³-hybridized carbons (Fsp3) is 0.735. The molecule has 0 radical (unpaired) electrons. The van der Waals surface area contributed by atoms with Crippen molar-refractivity contribution >= 4 is 134 Å². The molecule has 8 saturated carbocycles. The zero-order valence-electron chi connectivity index (χ0n) is 83.8. The maximum atomic E-state index is 11.9. The van der Waals surface area contributed by atoms with Crippen LogP contribution in [0, 0.1) is 0 Å². The van der Waals surface area contributed by atoms with Gasteiger partial charge >= 0.3 is 139 Å². The van der Waals surface area contributed by atoms with Gasteiger partial charge in [-0.25, -0.2) is 0 Å².